The molecule has 0 saturated heterocycles. The van der Waals surface area contributed by atoms with Gasteiger partial charge in [-0.3, -0.25) is 0 Å². The maximum Gasteiger partial charge on any atom is 0.137 e. The normalized spacial score (nSPS) is 25.7. The van der Waals surface area contributed by atoms with E-state index in [9.17, 15) is 5.11 Å². The molecule has 2 aromatic rings. The van der Waals surface area contributed by atoms with E-state index in [1.807, 2.05) is 24.3 Å². The molecule has 0 radical (unpaired) electrons. The third-order valence-electron chi connectivity index (χ3n) is 4.80. The number of hydrogen-bond acceptors (Lipinski definition) is 4. The summed E-state index contributed by atoms with van der Waals surface area (Å²) in [6.07, 6.45) is 7.04. The molecular weight excluding hydrogens is 276 g/mol. The highest BCUT2D eigenvalue weighted by atomic mass is 16.3. The van der Waals surface area contributed by atoms with Crippen molar-refractivity contribution in [2.75, 3.05) is 5.73 Å². The number of benzene rings is 1. The maximum absolute atomic E-state index is 11.4. The zero-order valence-electron chi connectivity index (χ0n) is 13.0. The summed E-state index contributed by atoms with van der Waals surface area (Å²) in [5.41, 5.74) is 7.43. The van der Waals surface area contributed by atoms with Crippen molar-refractivity contribution >= 4 is 11.8 Å². The second-order valence-electron chi connectivity index (χ2n) is 6.67. The van der Waals surface area contributed by atoms with Crippen LogP contribution in [0.1, 0.15) is 32.3 Å². The van der Waals surface area contributed by atoms with Crippen LogP contribution in [0, 0.1) is 5.41 Å². The minimum atomic E-state index is -0.928. The number of nitrogens with zero attached hydrogens (tertiary/aromatic N) is 3. The van der Waals surface area contributed by atoms with Crippen LogP contribution in [0.5, 0.6) is 0 Å². The van der Waals surface area contributed by atoms with Gasteiger partial charge in [0.25, 0.3) is 0 Å². The molecule has 1 aromatic carbocycles. The van der Waals surface area contributed by atoms with Gasteiger partial charge in [-0.15, -0.1) is 0 Å². The van der Waals surface area contributed by atoms with E-state index < -0.39 is 5.60 Å². The predicted octanol–water partition coefficient (Wildman–Crippen LogP) is 2.50. The summed E-state index contributed by atoms with van der Waals surface area (Å²) in [5, 5.41) is 15.5. The Labute approximate surface area is 130 Å². The molecule has 1 heterocycles. The largest absolute Gasteiger partial charge is 0.399 e. The van der Waals surface area contributed by atoms with Gasteiger partial charge in [0.1, 0.15) is 18.3 Å². The zero-order chi connectivity index (χ0) is 15.8. The standard InChI is InChI=1S/C17H22N4O/c1-16(2)8-7-14(9-13-3-5-15(18)6-4-13)17(16,22)10-21-12-19-11-20-21/h3-6,9,11-12,22H,7-8,10,18H2,1-2H3. The van der Waals surface area contributed by atoms with Gasteiger partial charge in [-0.05, 0) is 41.5 Å². The lowest BCUT2D eigenvalue weighted by molar-refractivity contribution is -0.0298. The molecule has 1 aliphatic rings. The number of aromatic nitrogens is 3. The smallest absolute Gasteiger partial charge is 0.137 e. The van der Waals surface area contributed by atoms with Crippen LogP contribution in [0.4, 0.5) is 5.69 Å². The van der Waals surface area contributed by atoms with Crippen molar-refractivity contribution in [1.82, 2.24) is 14.8 Å². The van der Waals surface area contributed by atoms with Gasteiger partial charge in [0.15, 0.2) is 0 Å². The van der Waals surface area contributed by atoms with Gasteiger partial charge in [0.2, 0.25) is 0 Å². The van der Waals surface area contributed by atoms with E-state index in [1.165, 1.54) is 6.33 Å². The van der Waals surface area contributed by atoms with Crippen molar-refractivity contribution in [2.24, 2.45) is 5.41 Å². The fraction of sp³-hybridized carbons (Fsp3) is 0.412. The molecule has 0 amide bonds. The molecular formula is C17H22N4O. The lowest BCUT2D eigenvalue weighted by Crippen LogP contribution is -2.45. The van der Waals surface area contributed by atoms with Crippen molar-refractivity contribution < 1.29 is 5.11 Å². The quantitative estimate of drug-likeness (QED) is 0.854. The molecule has 116 valence electrons. The summed E-state index contributed by atoms with van der Waals surface area (Å²) in [6, 6.07) is 7.71. The molecule has 22 heavy (non-hydrogen) atoms. The average molecular weight is 298 g/mol. The first-order valence-electron chi connectivity index (χ1n) is 7.52. The third-order valence-corrected chi connectivity index (χ3v) is 4.80. The highest BCUT2D eigenvalue weighted by Crippen LogP contribution is 2.50. The van der Waals surface area contributed by atoms with E-state index in [0.717, 1.165) is 29.7 Å². The maximum atomic E-state index is 11.4. The van der Waals surface area contributed by atoms with E-state index in [4.69, 9.17) is 5.73 Å². The van der Waals surface area contributed by atoms with Gasteiger partial charge in [-0.1, -0.05) is 32.1 Å². The molecule has 3 N–H and O–H groups in total. The van der Waals surface area contributed by atoms with Gasteiger partial charge in [-0.2, -0.15) is 5.10 Å². The SMILES string of the molecule is CC1(C)CCC(=Cc2ccc(N)cc2)C1(O)Cn1cncn1. The Morgan fingerprint density at radius 2 is 2.05 bits per heavy atom. The monoisotopic (exact) mass is 298 g/mol. The number of anilines is 1. The summed E-state index contributed by atoms with van der Waals surface area (Å²) in [6.45, 7) is 4.63. The average Bonchev–Trinajstić information content (AvgIpc) is 3.04. The first kappa shape index (κ1) is 14.8. The Kier molecular flexibility index (Phi) is 3.53. The van der Waals surface area contributed by atoms with Crippen molar-refractivity contribution in [3.8, 4) is 0 Å². The molecule has 1 atom stereocenters. The molecule has 5 heteroatoms. The van der Waals surface area contributed by atoms with Gasteiger partial charge < -0.3 is 10.8 Å². The fourth-order valence-electron chi connectivity index (χ4n) is 3.14. The highest BCUT2D eigenvalue weighted by molar-refractivity contribution is 5.59. The summed E-state index contributed by atoms with van der Waals surface area (Å²) >= 11 is 0. The molecule has 1 saturated carbocycles. The molecule has 3 rings (SSSR count). The second-order valence-corrected chi connectivity index (χ2v) is 6.67. The van der Waals surface area contributed by atoms with Crippen molar-refractivity contribution in [2.45, 2.75) is 38.8 Å². The molecule has 0 aliphatic heterocycles. The molecule has 0 spiro atoms. The minimum absolute atomic E-state index is 0.210. The lowest BCUT2D eigenvalue weighted by atomic mass is 9.76. The zero-order valence-corrected chi connectivity index (χ0v) is 13.0. The van der Waals surface area contributed by atoms with Crippen LogP contribution in [0.25, 0.3) is 6.08 Å². The highest BCUT2D eigenvalue weighted by Gasteiger charge is 2.51. The minimum Gasteiger partial charge on any atom is -0.399 e. The Balaban J connectivity index is 1.97. The predicted molar refractivity (Wildman–Crippen MR) is 86.8 cm³/mol. The van der Waals surface area contributed by atoms with E-state index >= 15 is 0 Å². The summed E-state index contributed by atoms with van der Waals surface area (Å²) in [4.78, 5) is 3.97. The number of hydrogen-bond donors (Lipinski definition) is 2. The Morgan fingerprint density at radius 1 is 1.32 bits per heavy atom. The molecule has 0 bridgehead atoms. The Bertz CT molecular complexity index is 673. The van der Waals surface area contributed by atoms with Gasteiger partial charge >= 0.3 is 0 Å². The molecule has 1 unspecified atom stereocenters. The van der Waals surface area contributed by atoms with E-state index in [2.05, 4.69) is 30.0 Å². The van der Waals surface area contributed by atoms with E-state index in [1.54, 1.807) is 11.0 Å². The Morgan fingerprint density at radius 3 is 2.68 bits per heavy atom. The first-order chi connectivity index (χ1) is 10.4. The second kappa shape index (κ2) is 5.25. The van der Waals surface area contributed by atoms with Crippen LogP contribution in [0.2, 0.25) is 0 Å². The number of nitrogen functional groups attached to an aromatic ring is 1. The summed E-state index contributed by atoms with van der Waals surface area (Å²) in [5.74, 6) is 0. The van der Waals surface area contributed by atoms with Crippen LogP contribution in [0.3, 0.4) is 0 Å². The van der Waals surface area contributed by atoms with Gasteiger partial charge in [0, 0.05) is 5.69 Å². The van der Waals surface area contributed by atoms with Crippen molar-refractivity contribution in [3.05, 3.63) is 48.1 Å². The Hall–Kier alpha value is -2.14. The summed E-state index contributed by atoms with van der Waals surface area (Å²) < 4.78 is 1.70. The number of nitrogens with two attached hydrogens (primary N) is 1. The van der Waals surface area contributed by atoms with Gasteiger partial charge in [0.05, 0.1) is 6.54 Å². The van der Waals surface area contributed by atoms with Crippen LogP contribution in [-0.2, 0) is 6.54 Å². The molecule has 5 nitrogen and oxygen atoms in total. The van der Waals surface area contributed by atoms with Crippen LogP contribution >= 0.6 is 0 Å². The first-order valence-corrected chi connectivity index (χ1v) is 7.52. The van der Waals surface area contributed by atoms with Crippen LogP contribution in [-0.4, -0.2) is 25.5 Å². The lowest BCUT2D eigenvalue weighted by Gasteiger charge is -2.37. The molecule has 1 fully saturated rings. The van der Waals surface area contributed by atoms with Gasteiger partial charge in [-0.25, -0.2) is 9.67 Å². The molecule has 1 aliphatic carbocycles. The van der Waals surface area contributed by atoms with Crippen molar-refractivity contribution in [1.29, 1.82) is 0 Å². The van der Waals surface area contributed by atoms with Crippen LogP contribution < -0.4 is 5.73 Å². The van der Waals surface area contributed by atoms with Crippen LogP contribution in [0.15, 0.2) is 42.5 Å². The topological polar surface area (TPSA) is 77.0 Å². The number of rotatable bonds is 3. The summed E-state index contributed by atoms with van der Waals surface area (Å²) in [7, 11) is 0. The third kappa shape index (κ3) is 2.52. The van der Waals surface area contributed by atoms with E-state index in [0.29, 0.717) is 6.54 Å². The number of aliphatic hydroxyl groups is 1. The van der Waals surface area contributed by atoms with Crippen molar-refractivity contribution in [3.63, 3.8) is 0 Å². The fourth-order valence-corrected chi connectivity index (χ4v) is 3.14. The molecule has 1 aromatic heterocycles. The van der Waals surface area contributed by atoms with E-state index in [-0.39, 0.29) is 5.41 Å².